The van der Waals surface area contributed by atoms with Gasteiger partial charge in [0, 0.05) is 38.6 Å². The molecule has 0 aliphatic carbocycles. The van der Waals surface area contributed by atoms with E-state index in [1.165, 1.54) is 0 Å². The Morgan fingerprint density at radius 1 is 0.914 bits per heavy atom. The topological polar surface area (TPSA) is 79.0 Å². The summed E-state index contributed by atoms with van der Waals surface area (Å²) < 4.78 is 5.20. The van der Waals surface area contributed by atoms with Crippen LogP contribution >= 0.6 is 0 Å². The third-order valence-electron chi connectivity index (χ3n) is 7.00. The van der Waals surface area contributed by atoms with Crippen molar-refractivity contribution in [1.29, 1.82) is 0 Å². The number of amides is 3. The summed E-state index contributed by atoms with van der Waals surface area (Å²) in [5.74, 6) is -0.700. The molecular formula is C28H35N3O4. The summed E-state index contributed by atoms with van der Waals surface area (Å²) >= 11 is 0. The van der Waals surface area contributed by atoms with Crippen LogP contribution in [-0.4, -0.2) is 60.5 Å². The highest BCUT2D eigenvalue weighted by Gasteiger charge is 2.38. The molecule has 0 spiro atoms. The molecule has 3 atom stereocenters. The molecule has 186 valence electrons. The third kappa shape index (κ3) is 6.41. The fourth-order valence-corrected chi connectivity index (χ4v) is 5.18. The molecule has 1 N–H and O–H groups in total. The van der Waals surface area contributed by atoms with Crippen LogP contribution < -0.4 is 5.32 Å². The number of nitrogens with one attached hydrogen (secondary N) is 1. The number of carbonyl (C=O) groups excluding carboxylic acids is 3. The van der Waals surface area contributed by atoms with Crippen molar-refractivity contribution in [3.63, 3.8) is 0 Å². The van der Waals surface area contributed by atoms with Gasteiger partial charge >= 0.3 is 12.0 Å². The first-order valence-corrected chi connectivity index (χ1v) is 12.6. The monoisotopic (exact) mass is 477 g/mol. The minimum Gasteiger partial charge on any atom is -0.466 e. The second kappa shape index (κ2) is 11.9. The maximum Gasteiger partial charge on any atom is 0.317 e. The lowest BCUT2D eigenvalue weighted by Crippen LogP contribution is -2.53. The molecule has 0 saturated carbocycles. The van der Waals surface area contributed by atoms with Crippen molar-refractivity contribution < 1.29 is 19.1 Å². The second-order valence-corrected chi connectivity index (χ2v) is 9.46. The number of esters is 1. The van der Waals surface area contributed by atoms with Gasteiger partial charge < -0.3 is 19.9 Å². The van der Waals surface area contributed by atoms with Crippen molar-refractivity contribution in [2.24, 2.45) is 11.8 Å². The number of urea groups is 1. The maximum absolute atomic E-state index is 13.6. The van der Waals surface area contributed by atoms with Gasteiger partial charge in [0.05, 0.1) is 18.4 Å². The van der Waals surface area contributed by atoms with Crippen molar-refractivity contribution in [3.05, 3.63) is 71.8 Å². The average Bonchev–Trinajstić information content (AvgIpc) is 2.92. The number of hydrogen-bond donors (Lipinski definition) is 1. The van der Waals surface area contributed by atoms with Crippen LogP contribution in [0, 0.1) is 11.8 Å². The lowest BCUT2D eigenvalue weighted by Gasteiger charge is -2.40. The summed E-state index contributed by atoms with van der Waals surface area (Å²) in [5.41, 5.74) is 2.16. The lowest BCUT2D eigenvalue weighted by atomic mass is 9.83. The molecule has 2 aromatic carbocycles. The summed E-state index contributed by atoms with van der Waals surface area (Å²) in [7, 11) is 0. The zero-order valence-electron chi connectivity index (χ0n) is 20.4. The zero-order chi connectivity index (χ0) is 24.6. The number of carbonyl (C=O) groups is 3. The first-order valence-electron chi connectivity index (χ1n) is 12.6. The van der Waals surface area contributed by atoms with Gasteiger partial charge in [-0.25, -0.2) is 4.79 Å². The number of nitrogens with zero attached hydrogens (tertiary/aromatic N) is 2. The number of likely N-dealkylation sites (tertiary alicyclic amines) is 2. The Balaban J connectivity index is 1.46. The summed E-state index contributed by atoms with van der Waals surface area (Å²) in [4.78, 5) is 42.6. The minimum atomic E-state index is -0.308. The van der Waals surface area contributed by atoms with Gasteiger partial charge in [-0.05, 0) is 37.3 Å². The Bertz CT molecular complexity index is 998. The van der Waals surface area contributed by atoms with Gasteiger partial charge in [-0.1, -0.05) is 60.7 Å². The van der Waals surface area contributed by atoms with Gasteiger partial charge in [0.15, 0.2) is 0 Å². The van der Waals surface area contributed by atoms with Crippen LogP contribution in [0.25, 0.3) is 0 Å². The molecule has 3 amide bonds. The quantitative estimate of drug-likeness (QED) is 0.642. The zero-order valence-corrected chi connectivity index (χ0v) is 20.4. The predicted octanol–water partition coefficient (Wildman–Crippen LogP) is 3.80. The smallest absolute Gasteiger partial charge is 0.317 e. The molecular weight excluding hydrogens is 442 g/mol. The first-order chi connectivity index (χ1) is 17.0. The number of ether oxygens (including phenoxy) is 1. The van der Waals surface area contributed by atoms with Crippen molar-refractivity contribution >= 4 is 17.9 Å². The second-order valence-electron chi connectivity index (χ2n) is 9.46. The highest BCUT2D eigenvalue weighted by atomic mass is 16.5. The molecule has 2 heterocycles. The van der Waals surface area contributed by atoms with Crippen LogP contribution in [0.4, 0.5) is 4.79 Å². The molecule has 35 heavy (non-hydrogen) atoms. The lowest BCUT2D eigenvalue weighted by molar-refractivity contribution is -0.152. The van der Waals surface area contributed by atoms with Gasteiger partial charge in [-0.15, -0.1) is 0 Å². The molecule has 0 aromatic heterocycles. The molecule has 0 bridgehead atoms. The number of hydrogen-bond acceptors (Lipinski definition) is 4. The predicted molar refractivity (Wildman–Crippen MR) is 133 cm³/mol. The van der Waals surface area contributed by atoms with Gasteiger partial charge in [0.2, 0.25) is 5.91 Å². The van der Waals surface area contributed by atoms with Crippen LogP contribution in [0.3, 0.4) is 0 Å². The van der Waals surface area contributed by atoms with E-state index in [9.17, 15) is 14.4 Å². The maximum atomic E-state index is 13.6. The van der Waals surface area contributed by atoms with Crippen molar-refractivity contribution in [1.82, 2.24) is 15.1 Å². The van der Waals surface area contributed by atoms with Gasteiger partial charge in [0.1, 0.15) is 0 Å². The van der Waals surface area contributed by atoms with E-state index in [0.717, 1.165) is 24.0 Å². The normalized spacial score (nSPS) is 22.4. The molecule has 4 rings (SSSR count). The van der Waals surface area contributed by atoms with Crippen LogP contribution in [0.5, 0.6) is 0 Å². The van der Waals surface area contributed by atoms with E-state index in [1.54, 1.807) is 11.8 Å². The molecule has 2 aliphatic rings. The average molecular weight is 478 g/mol. The molecule has 2 aliphatic heterocycles. The fourth-order valence-electron chi connectivity index (χ4n) is 5.18. The standard InChI is InChI=1S/C28H35N3O4/c1-2-35-27(33)23-14-9-15-30(18-23)26(32)25-16-24(22-12-7-4-8-13-22)19-31(20-25)28(34)29-17-21-10-5-3-6-11-21/h3-8,10-13,23-25H,2,9,14-20H2,1H3,(H,29,34). The Morgan fingerprint density at radius 3 is 2.31 bits per heavy atom. The Labute approximate surface area is 207 Å². The molecule has 7 nitrogen and oxygen atoms in total. The summed E-state index contributed by atoms with van der Waals surface area (Å²) in [6, 6.07) is 19.7. The van der Waals surface area contributed by atoms with Crippen molar-refractivity contribution in [3.8, 4) is 0 Å². The van der Waals surface area contributed by atoms with Gasteiger partial charge in [-0.3, -0.25) is 9.59 Å². The van der Waals surface area contributed by atoms with E-state index >= 15 is 0 Å². The molecule has 2 aromatic rings. The number of rotatable bonds is 6. The van der Waals surface area contributed by atoms with Crippen molar-refractivity contribution in [2.45, 2.75) is 38.6 Å². The van der Waals surface area contributed by atoms with E-state index in [4.69, 9.17) is 4.74 Å². The Hall–Kier alpha value is -3.35. The molecule has 0 radical (unpaired) electrons. The van der Waals surface area contributed by atoms with E-state index in [2.05, 4.69) is 17.4 Å². The highest BCUT2D eigenvalue weighted by Crippen LogP contribution is 2.32. The largest absolute Gasteiger partial charge is 0.466 e. The number of piperidine rings is 2. The van der Waals surface area contributed by atoms with Gasteiger partial charge in [-0.2, -0.15) is 0 Å². The Morgan fingerprint density at radius 2 is 1.60 bits per heavy atom. The van der Waals surface area contributed by atoms with E-state index in [0.29, 0.717) is 45.8 Å². The summed E-state index contributed by atoms with van der Waals surface area (Å²) in [5, 5.41) is 3.02. The van der Waals surface area contributed by atoms with Crippen LogP contribution in [-0.2, 0) is 20.9 Å². The number of benzene rings is 2. The summed E-state index contributed by atoms with van der Waals surface area (Å²) in [6.07, 6.45) is 2.21. The van der Waals surface area contributed by atoms with E-state index in [-0.39, 0.29) is 35.7 Å². The molecule has 2 fully saturated rings. The highest BCUT2D eigenvalue weighted by molar-refractivity contribution is 5.82. The molecule has 7 heteroatoms. The van der Waals surface area contributed by atoms with E-state index in [1.807, 2.05) is 53.4 Å². The summed E-state index contributed by atoms with van der Waals surface area (Å²) in [6.45, 7) is 4.57. The SMILES string of the molecule is CCOC(=O)C1CCCN(C(=O)C2CC(c3ccccc3)CN(C(=O)NCc3ccccc3)C2)C1. The van der Waals surface area contributed by atoms with Crippen LogP contribution in [0.1, 0.15) is 43.2 Å². The first kappa shape index (κ1) is 24.8. The van der Waals surface area contributed by atoms with Crippen molar-refractivity contribution in [2.75, 3.05) is 32.8 Å². The van der Waals surface area contributed by atoms with Gasteiger partial charge in [0.25, 0.3) is 0 Å². The third-order valence-corrected chi connectivity index (χ3v) is 7.00. The van der Waals surface area contributed by atoms with Crippen LogP contribution in [0.15, 0.2) is 60.7 Å². The Kier molecular flexibility index (Phi) is 8.40. The fraction of sp³-hybridized carbons (Fsp3) is 0.464. The molecule has 3 unspecified atom stereocenters. The minimum absolute atomic E-state index is 0.0282. The molecule has 2 saturated heterocycles. The van der Waals surface area contributed by atoms with Crippen LogP contribution in [0.2, 0.25) is 0 Å². The van der Waals surface area contributed by atoms with E-state index < -0.39 is 0 Å².